The monoisotopic (exact) mass is 394 g/mol. The van der Waals surface area contributed by atoms with Crippen LogP contribution < -0.4 is 0 Å². The first-order valence-electron chi connectivity index (χ1n) is 10.9. The van der Waals surface area contributed by atoms with Crippen molar-refractivity contribution < 1.29 is 29.3 Å². The first-order chi connectivity index (χ1) is 13.2. The minimum absolute atomic E-state index is 0.0628. The van der Waals surface area contributed by atoms with Gasteiger partial charge < -0.3 is 19.7 Å². The summed E-state index contributed by atoms with van der Waals surface area (Å²) in [6.45, 7) is 6.57. The number of carbonyl (C=O) groups is 2. The van der Waals surface area contributed by atoms with Gasteiger partial charge in [-0.3, -0.25) is 9.59 Å². The summed E-state index contributed by atoms with van der Waals surface area (Å²) in [5.74, 6) is 0.0955. The number of fused-ring (bicyclic) bond motifs is 5. The van der Waals surface area contributed by atoms with E-state index in [1.54, 1.807) is 0 Å². The Bertz CT molecular complexity index is 649. The van der Waals surface area contributed by atoms with E-state index in [-0.39, 0.29) is 53.0 Å². The number of hydrogen-bond donors (Lipinski definition) is 2. The number of carbonyl (C=O) groups excluding carboxylic acids is 2. The number of esters is 2. The van der Waals surface area contributed by atoms with Crippen molar-refractivity contribution in [2.24, 2.45) is 34.5 Å². The molecule has 4 aliphatic rings. The van der Waals surface area contributed by atoms with Gasteiger partial charge >= 0.3 is 11.9 Å². The molecular formula is C22H34O6. The second kappa shape index (κ2) is 6.98. The van der Waals surface area contributed by atoms with E-state index in [0.29, 0.717) is 25.4 Å². The number of ether oxygens (including phenoxy) is 2. The smallest absolute Gasteiger partial charge is 0.309 e. The number of aliphatic hydroxyl groups is 2. The van der Waals surface area contributed by atoms with Crippen molar-refractivity contribution in [2.45, 2.75) is 84.0 Å². The lowest BCUT2D eigenvalue weighted by Crippen LogP contribution is -2.54. The van der Waals surface area contributed by atoms with Crippen molar-refractivity contribution >= 4 is 11.9 Å². The van der Waals surface area contributed by atoms with Gasteiger partial charge in [-0.2, -0.15) is 0 Å². The summed E-state index contributed by atoms with van der Waals surface area (Å²) in [5.41, 5.74) is -0.447. The molecule has 0 aromatic heterocycles. The average molecular weight is 395 g/mol. The van der Waals surface area contributed by atoms with Crippen LogP contribution >= 0.6 is 0 Å². The van der Waals surface area contributed by atoms with Crippen molar-refractivity contribution in [2.75, 3.05) is 6.61 Å². The SMILES string of the molecule is CCC(=O)O[C@H]1CC[C@H]2[C@@H]3COC(=O)[C@H]4C[C@H](O)[C@H](O)C[C@]4(C)[C@H]3CC[C@]12C. The molecule has 3 aliphatic carbocycles. The molecule has 0 radical (unpaired) electrons. The van der Waals surface area contributed by atoms with E-state index in [9.17, 15) is 19.8 Å². The van der Waals surface area contributed by atoms with Crippen LogP contribution in [-0.4, -0.2) is 47.1 Å². The summed E-state index contributed by atoms with van der Waals surface area (Å²) in [7, 11) is 0. The van der Waals surface area contributed by atoms with Crippen molar-refractivity contribution in [3.63, 3.8) is 0 Å². The van der Waals surface area contributed by atoms with Crippen LogP contribution in [0.15, 0.2) is 0 Å². The Kier molecular flexibility index (Phi) is 5.02. The number of hydrogen-bond acceptors (Lipinski definition) is 6. The Morgan fingerprint density at radius 3 is 2.57 bits per heavy atom. The van der Waals surface area contributed by atoms with Crippen LogP contribution in [0.5, 0.6) is 0 Å². The quantitative estimate of drug-likeness (QED) is 0.699. The normalized spacial score (nSPS) is 50.6. The maximum atomic E-state index is 12.8. The van der Waals surface area contributed by atoms with Gasteiger partial charge in [0.25, 0.3) is 0 Å². The zero-order chi connectivity index (χ0) is 20.3. The van der Waals surface area contributed by atoms with Gasteiger partial charge in [0.1, 0.15) is 6.10 Å². The first-order valence-corrected chi connectivity index (χ1v) is 10.9. The third-order valence-corrected chi connectivity index (χ3v) is 8.83. The molecule has 158 valence electrons. The van der Waals surface area contributed by atoms with Crippen LogP contribution in [0.2, 0.25) is 0 Å². The number of aliphatic hydroxyl groups excluding tert-OH is 2. The van der Waals surface area contributed by atoms with Crippen LogP contribution in [0.1, 0.15) is 65.7 Å². The Morgan fingerprint density at radius 1 is 1.14 bits per heavy atom. The highest BCUT2D eigenvalue weighted by molar-refractivity contribution is 5.74. The summed E-state index contributed by atoms with van der Waals surface area (Å²) in [6.07, 6.45) is 3.12. The molecule has 4 rings (SSSR count). The molecule has 4 fully saturated rings. The lowest BCUT2D eigenvalue weighted by molar-refractivity contribution is -0.165. The summed E-state index contributed by atoms with van der Waals surface area (Å²) in [4.78, 5) is 24.7. The van der Waals surface area contributed by atoms with Gasteiger partial charge in [0, 0.05) is 11.8 Å². The molecule has 0 amide bonds. The lowest BCUT2D eigenvalue weighted by atomic mass is 9.49. The van der Waals surface area contributed by atoms with Crippen LogP contribution in [-0.2, 0) is 19.1 Å². The predicted molar refractivity (Wildman–Crippen MR) is 101 cm³/mol. The Morgan fingerprint density at radius 2 is 1.86 bits per heavy atom. The highest BCUT2D eigenvalue weighted by Crippen LogP contribution is 2.63. The second-order valence-electron chi connectivity index (χ2n) is 10.1. The van der Waals surface area contributed by atoms with E-state index in [4.69, 9.17) is 9.47 Å². The number of rotatable bonds is 2. The van der Waals surface area contributed by atoms with Crippen LogP contribution in [0.3, 0.4) is 0 Å². The van der Waals surface area contributed by atoms with E-state index in [1.807, 2.05) is 6.92 Å². The molecule has 1 aliphatic heterocycles. The summed E-state index contributed by atoms with van der Waals surface area (Å²) in [6, 6.07) is 0. The molecule has 0 spiro atoms. The molecule has 0 aromatic rings. The van der Waals surface area contributed by atoms with Crippen molar-refractivity contribution in [3.8, 4) is 0 Å². The van der Waals surface area contributed by atoms with Crippen LogP contribution in [0.4, 0.5) is 0 Å². The fourth-order valence-corrected chi connectivity index (χ4v) is 7.18. The van der Waals surface area contributed by atoms with E-state index in [0.717, 1.165) is 25.7 Å². The topological polar surface area (TPSA) is 93.1 Å². The molecule has 3 saturated carbocycles. The molecule has 9 atom stereocenters. The molecule has 6 nitrogen and oxygen atoms in total. The molecule has 6 heteroatoms. The van der Waals surface area contributed by atoms with E-state index in [1.165, 1.54) is 0 Å². The van der Waals surface area contributed by atoms with Crippen molar-refractivity contribution in [1.29, 1.82) is 0 Å². The lowest BCUT2D eigenvalue weighted by Gasteiger charge is -2.55. The summed E-state index contributed by atoms with van der Waals surface area (Å²) in [5, 5.41) is 20.6. The molecule has 0 aromatic carbocycles. The van der Waals surface area contributed by atoms with Gasteiger partial charge in [0.2, 0.25) is 0 Å². The maximum Gasteiger partial charge on any atom is 0.309 e. The van der Waals surface area contributed by atoms with Gasteiger partial charge in [-0.25, -0.2) is 0 Å². The fraction of sp³-hybridized carbons (Fsp3) is 0.909. The summed E-state index contributed by atoms with van der Waals surface area (Å²) < 4.78 is 11.6. The molecular weight excluding hydrogens is 360 g/mol. The molecule has 1 saturated heterocycles. The van der Waals surface area contributed by atoms with Gasteiger partial charge in [-0.1, -0.05) is 20.8 Å². The Labute approximate surface area is 167 Å². The highest BCUT2D eigenvalue weighted by Gasteiger charge is 2.63. The molecule has 1 heterocycles. The Balaban J connectivity index is 1.63. The van der Waals surface area contributed by atoms with Crippen LogP contribution in [0.25, 0.3) is 0 Å². The largest absolute Gasteiger partial charge is 0.465 e. The number of cyclic esters (lactones) is 1. The zero-order valence-corrected chi connectivity index (χ0v) is 17.2. The third kappa shape index (κ3) is 2.90. The molecule has 0 bridgehead atoms. The van der Waals surface area contributed by atoms with Gasteiger partial charge in [0.15, 0.2) is 0 Å². The highest BCUT2D eigenvalue weighted by atomic mass is 16.5. The minimum Gasteiger partial charge on any atom is -0.465 e. The summed E-state index contributed by atoms with van der Waals surface area (Å²) >= 11 is 0. The molecule has 0 unspecified atom stereocenters. The first kappa shape index (κ1) is 20.1. The van der Waals surface area contributed by atoms with Crippen molar-refractivity contribution in [1.82, 2.24) is 0 Å². The second-order valence-corrected chi connectivity index (χ2v) is 10.1. The van der Waals surface area contributed by atoms with Crippen molar-refractivity contribution in [3.05, 3.63) is 0 Å². The van der Waals surface area contributed by atoms with E-state index < -0.39 is 12.2 Å². The van der Waals surface area contributed by atoms with Gasteiger partial charge in [-0.05, 0) is 61.7 Å². The Hall–Kier alpha value is -1.14. The minimum atomic E-state index is -0.861. The standard InChI is InChI=1S/C22H34O6/c1-4-19(25)28-18-6-5-13-12-11-27-20(26)15-9-16(23)17(24)10-22(15,3)14(12)7-8-21(13,18)2/h12-18,23-24H,4-11H2,1-3H3/t12-,13-,14-,15+,16-,17+,18-,21-,22+/m0/s1. The predicted octanol–water partition coefficient (Wildman–Crippen LogP) is 2.45. The van der Waals surface area contributed by atoms with Gasteiger partial charge in [0.05, 0.1) is 24.7 Å². The zero-order valence-electron chi connectivity index (χ0n) is 17.2. The molecule has 2 N–H and O–H groups in total. The van der Waals surface area contributed by atoms with E-state index >= 15 is 0 Å². The maximum absolute atomic E-state index is 12.8. The fourth-order valence-electron chi connectivity index (χ4n) is 7.18. The van der Waals surface area contributed by atoms with Crippen LogP contribution in [0, 0.1) is 34.5 Å². The van der Waals surface area contributed by atoms with Gasteiger partial charge in [-0.15, -0.1) is 0 Å². The molecule has 28 heavy (non-hydrogen) atoms. The third-order valence-electron chi connectivity index (χ3n) is 8.83. The average Bonchev–Trinajstić information content (AvgIpc) is 2.93. The van der Waals surface area contributed by atoms with E-state index in [2.05, 4.69) is 13.8 Å².